The van der Waals surface area contributed by atoms with Crippen molar-refractivity contribution in [2.75, 3.05) is 0 Å². The third-order valence-electron chi connectivity index (χ3n) is 6.23. The van der Waals surface area contributed by atoms with E-state index in [0.717, 1.165) is 62.9 Å². The van der Waals surface area contributed by atoms with Crippen molar-refractivity contribution >= 4 is 10.9 Å². The SMILES string of the molecule is CCc1cc2c(c(C)cc(=O)n2Cc2ccc(-c3ccccc3-c3nn[nH]n3)cc2)c(CC)n1. The highest BCUT2D eigenvalue weighted by Gasteiger charge is 2.14. The molecule has 0 amide bonds. The molecule has 0 aliphatic heterocycles. The van der Waals surface area contributed by atoms with Gasteiger partial charge < -0.3 is 4.57 Å². The summed E-state index contributed by atoms with van der Waals surface area (Å²) in [6.07, 6.45) is 1.66. The minimum atomic E-state index is 0.00633. The average Bonchev–Trinajstić information content (AvgIpc) is 3.41. The molecule has 170 valence electrons. The lowest BCUT2D eigenvalue weighted by molar-refractivity contribution is 0.788. The van der Waals surface area contributed by atoms with Crippen molar-refractivity contribution in [3.05, 3.63) is 93.5 Å². The average molecular weight is 451 g/mol. The maximum absolute atomic E-state index is 13.0. The van der Waals surface area contributed by atoms with Gasteiger partial charge in [0.15, 0.2) is 0 Å². The van der Waals surface area contributed by atoms with Gasteiger partial charge in [-0.2, -0.15) is 5.21 Å². The van der Waals surface area contributed by atoms with E-state index in [9.17, 15) is 4.79 Å². The lowest BCUT2D eigenvalue weighted by Gasteiger charge is -2.16. The number of fused-ring (bicyclic) bond motifs is 1. The standard InChI is InChI=1S/C27H26N6O/c1-4-20-15-24-26(23(5-2)28-20)17(3)14-25(34)33(24)16-18-10-12-19(13-11-18)21-8-6-7-9-22(21)27-29-31-32-30-27/h6-15H,4-5,16H2,1-3H3,(H,29,30,31,32). The molecule has 0 unspecified atom stereocenters. The monoisotopic (exact) mass is 450 g/mol. The number of aromatic nitrogens is 6. The Morgan fingerprint density at radius 1 is 0.941 bits per heavy atom. The first kappa shape index (κ1) is 21.7. The van der Waals surface area contributed by atoms with Gasteiger partial charge in [0, 0.05) is 28.4 Å². The van der Waals surface area contributed by atoms with Crippen LogP contribution >= 0.6 is 0 Å². The maximum Gasteiger partial charge on any atom is 0.251 e. The molecule has 0 fully saturated rings. The molecule has 3 aromatic heterocycles. The molecule has 0 radical (unpaired) electrons. The first-order valence-corrected chi connectivity index (χ1v) is 11.5. The van der Waals surface area contributed by atoms with Crippen molar-refractivity contribution in [1.29, 1.82) is 0 Å². The molecule has 34 heavy (non-hydrogen) atoms. The van der Waals surface area contributed by atoms with Crippen molar-refractivity contribution in [3.63, 3.8) is 0 Å². The Labute approximate surface area is 197 Å². The van der Waals surface area contributed by atoms with Gasteiger partial charge in [-0.05, 0) is 53.3 Å². The van der Waals surface area contributed by atoms with Crippen LogP contribution in [0.1, 0.15) is 36.4 Å². The highest BCUT2D eigenvalue weighted by Crippen LogP contribution is 2.30. The van der Waals surface area contributed by atoms with Crippen LogP contribution in [0, 0.1) is 6.92 Å². The Morgan fingerprint density at radius 3 is 2.38 bits per heavy atom. The van der Waals surface area contributed by atoms with E-state index in [-0.39, 0.29) is 5.56 Å². The Bertz CT molecular complexity index is 1520. The number of rotatable bonds is 6. The summed E-state index contributed by atoms with van der Waals surface area (Å²) in [6, 6.07) is 20.1. The number of pyridine rings is 2. The molecule has 2 aromatic carbocycles. The number of aryl methyl sites for hydroxylation is 3. The van der Waals surface area contributed by atoms with E-state index in [4.69, 9.17) is 4.98 Å². The third kappa shape index (κ3) is 3.90. The van der Waals surface area contributed by atoms with Gasteiger partial charge in [0.2, 0.25) is 5.82 Å². The normalized spacial score (nSPS) is 11.3. The van der Waals surface area contributed by atoms with Gasteiger partial charge in [0.05, 0.1) is 12.1 Å². The molecule has 3 heterocycles. The summed E-state index contributed by atoms with van der Waals surface area (Å²) in [5.74, 6) is 0.560. The number of tetrazole rings is 1. The summed E-state index contributed by atoms with van der Waals surface area (Å²) < 4.78 is 1.87. The fraction of sp³-hybridized carbons (Fsp3) is 0.222. The predicted octanol–water partition coefficient (Wildman–Crippen LogP) is 4.73. The number of nitrogens with zero attached hydrogens (tertiary/aromatic N) is 5. The molecule has 0 spiro atoms. The zero-order valence-electron chi connectivity index (χ0n) is 19.5. The number of benzene rings is 2. The highest BCUT2D eigenvalue weighted by atomic mass is 16.1. The highest BCUT2D eigenvalue weighted by molar-refractivity contribution is 5.85. The van der Waals surface area contributed by atoms with Gasteiger partial charge in [-0.3, -0.25) is 9.78 Å². The number of hydrogen-bond donors (Lipinski definition) is 1. The molecule has 5 aromatic rings. The molecular weight excluding hydrogens is 424 g/mol. The summed E-state index contributed by atoms with van der Waals surface area (Å²) in [5.41, 5.74) is 8.06. The number of hydrogen-bond acceptors (Lipinski definition) is 5. The van der Waals surface area contributed by atoms with Crippen LogP contribution in [-0.2, 0) is 19.4 Å². The topological polar surface area (TPSA) is 89.4 Å². The van der Waals surface area contributed by atoms with E-state index in [1.165, 1.54) is 0 Å². The van der Waals surface area contributed by atoms with Crippen molar-refractivity contribution in [3.8, 4) is 22.5 Å². The fourth-order valence-corrected chi connectivity index (χ4v) is 4.51. The van der Waals surface area contributed by atoms with E-state index >= 15 is 0 Å². The van der Waals surface area contributed by atoms with Crippen LogP contribution in [0.15, 0.2) is 65.5 Å². The van der Waals surface area contributed by atoms with Gasteiger partial charge in [0.25, 0.3) is 5.56 Å². The van der Waals surface area contributed by atoms with Gasteiger partial charge in [-0.15, -0.1) is 10.2 Å². The van der Waals surface area contributed by atoms with E-state index in [2.05, 4.69) is 64.8 Å². The zero-order chi connectivity index (χ0) is 23.7. The Balaban J connectivity index is 1.55. The molecule has 0 bridgehead atoms. The smallest absolute Gasteiger partial charge is 0.251 e. The minimum absolute atomic E-state index is 0.00633. The largest absolute Gasteiger partial charge is 0.304 e. The molecular formula is C27H26N6O. The van der Waals surface area contributed by atoms with Crippen molar-refractivity contribution < 1.29 is 0 Å². The van der Waals surface area contributed by atoms with Crippen LogP contribution in [0.4, 0.5) is 0 Å². The third-order valence-corrected chi connectivity index (χ3v) is 6.23. The Hall–Kier alpha value is -4.13. The Kier molecular flexibility index (Phi) is 5.76. The quantitative estimate of drug-likeness (QED) is 0.404. The van der Waals surface area contributed by atoms with E-state index in [1.807, 2.05) is 35.8 Å². The minimum Gasteiger partial charge on any atom is -0.304 e. The summed E-state index contributed by atoms with van der Waals surface area (Å²) in [7, 11) is 0. The first-order valence-electron chi connectivity index (χ1n) is 11.5. The summed E-state index contributed by atoms with van der Waals surface area (Å²) >= 11 is 0. The predicted molar refractivity (Wildman–Crippen MR) is 134 cm³/mol. The molecule has 0 aliphatic rings. The summed E-state index contributed by atoms with van der Waals surface area (Å²) in [4.78, 5) is 17.9. The van der Waals surface area contributed by atoms with E-state index in [1.54, 1.807) is 6.07 Å². The molecule has 0 saturated carbocycles. The molecule has 1 N–H and O–H groups in total. The van der Waals surface area contributed by atoms with Crippen LogP contribution in [-0.4, -0.2) is 30.2 Å². The zero-order valence-corrected chi connectivity index (χ0v) is 19.5. The molecule has 0 saturated heterocycles. The van der Waals surface area contributed by atoms with Gasteiger partial charge in [0.1, 0.15) is 0 Å². The number of aromatic amines is 1. The van der Waals surface area contributed by atoms with E-state index in [0.29, 0.717) is 12.4 Å². The lowest BCUT2D eigenvalue weighted by atomic mass is 9.98. The van der Waals surface area contributed by atoms with Crippen LogP contribution in [0.5, 0.6) is 0 Å². The van der Waals surface area contributed by atoms with Crippen LogP contribution in [0.3, 0.4) is 0 Å². The van der Waals surface area contributed by atoms with Crippen molar-refractivity contribution in [2.24, 2.45) is 0 Å². The second-order valence-corrected chi connectivity index (χ2v) is 8.39. The second kappa shape index (κ2) is 9.02. The molecule has 7 nitrogen and oxygen atoms in total. The second-order valence-electron chi connectivity index (χ2n) is 8.39. The van der Waals surface area contributed by atoms with Gasteiger partial charge in [-0.25, -0.2) is 0 Å². The molecule has 5 rings (SSSR count). The van der Waals surface area contributed by atoms with Crippen LogP contribution in [0.2, 0.25) is 0 Å². The van der Waals surface area contributed by atoms with Gasteiger partial charge >= 0.3 is 0 Å². The maximum atomic E-state index is 13.0. The Morgan fingerprint density at radius 2 is 1.71 bits per heavy atom. The van der Waals surface area contributed by atoms with Crippen LogP contribution < -0.4 is 5.56 Å². The molecule has 0 aliphatic carbocycles. The van der Waals surface area contributed by atoms with Gasteiger partial charge in [-0.1, -0.05) is 62.4 Å². The van der Waals surface area contributed by atoms with Crippen molar-refractivity contribution in [1.82, 2.24) is 30.2 Å². The van der Waals surface area contributed by atoms with E-state index < -0.39 is 0 Å². The molecule has 7 heteroatoms. The first-order chi connectivity index (χ1) is 16.6. The van der Waals surface area contributed by atoms with Crippen LogP contribution in [0.25, 0.3) is 33.4 Å². The summed E-state index contributed by atoms with van der Waals surface area (Å²) in [6.45, 7) is 6.70. The number of nitrogens with one attached hydrogen (secondary N) is 1. The lowest BCUT2D eigenvalue weighted by Crippen LogP contribution is -2.22. The fourth-order valence-electron chi connectivity index (χ4n) is 4.51. The number of H-pyrrole nitrogens is 1. The summed E-state index contributed by atoms with van der Waals surface area (Å²) in [5, 5.41) is 15.5. The molecule has 0 atom stereocenters. The van der Waals surface area contributed by atoms with Crippen molar-refractivity contribution in [2.45, 2.75) is 40.2 Å².